The Morgan fingerprint density at radius 2 is 1.74 bits per heavy atom. The molecule has 2 aromatic carbocycles. The van der Waals surface area contributed by atoms with Gasteiger partial charge in [-0.3, -0.25) is 9.59 Å². The van der Waals surface area contributed by atoms with Gasteiger partial charge < -0.3 is 15.2 Å². The van der Waals surface area contributed by atoms with Gasteiger partial charge in [-0.15, -0.1) is 0 Å². The van der Waals surface area contributed by atoms with E-state index >= 15 is 0 Å². The number of H-pyrrole nitrogens is 1. The first-order chi connectivity index (χ1) is 13.0. The number of rotatable bonds is 6. The summed E-state index contributed by atoms with van der Waals surface area (Å²) < 4.78 is 0. The minimum atomic E-state index is -0.613. The van der Waals surface area contributed by atoms with Gasteiger partial charge in [-0.25, -0.2) is 0 Å². The van der Waals surface area contributed by atoms with Crippen molar-refractivity contribution in [2.24, 2.45) is 0 Å². The van der Waals surface area contributed by atoms with Crippen molar-refractivity contribution >= 4 is 22.7 Å². The van der Waals surface area contributed by atoms with Gasteiger partial charge in [0.1, 0.15) is 6.04 Å². The summed E-state index contributed by atoms with van der Waals surface area (Å²) in [5.41, 5.74) is 3.09. The van der Waals surface area contributed by atoms with Gasteiger partial charge in [0, 0.05) is 37.5 Å². The van der Waals surface area contributed by atoms with E-state index in [1.807, 2.05) is 67.7 Å². The lowest BCUT2D eigenvalue weighted by Gasteiger charge is -2.29. The van der Waals surface area contributed by atoms with Gasteiger partial charge in [0.05, 0.1) is 6.04 Å². The van der Waals surface area contributed by atoms with E-state index in [-0.39, 0.29) is 17.9 Å². The second-order valence-corrected chi connectivity index (χ2v) is 6.85. The molecule has 0 aliphatic heterocycles. The van der Waals surface area contributed by atoms with Gasteiger partial charge in [0.15, 0.2) is 0 Å². The highest BCUT2D eigenvalue weighted by Gasteiger charge is 2.27. The molecule has 0 unspecified atom stereocenters. The molecule has 0 fully saturated rings. The summed E-state index contributed by atoms with van der Waals surface area (Å²) in [5, 5.41) is 3.89. The summed E-state index contributed by atoms with van der Waals surface area (Å²) in [6, 6.07) is 17.1. The van der Waals surface area contributed by atoms with Crippen LogP contribution in [0.15, 0.2) is 60.8 Å². The van der Waals surface area contributed by atoms with E-state index in [0.717, 1.165) is 22.0 Å². The standard InChI is InChI=1S/C22H25N3O2/c1-15(17-9-5-4-6-10-17)25(3)22(27)21(24-16(2)26)13-18-14-23-20-12-8-7-11-19(18)20/h4-12,14-15,21,23H,13H2,1-3H3,(H,24,26)/t15-,21+/m1/s1. The number of hydrogen-bond acceptors (Lipinski definition) is 2. The minimum Gasteiger partial charge on any atom is -0.361 e. The second-order valence-electron chi connectivity index (χ2n) is 6.85. The van der Waals surface area contributed by atoms with Crippen LogP contribution in [0.3, 0.4) is 0 Å². The molecule has 1 heterocycles. The average Bonchev–Trinajstić information content (AvgIpc) is 3.09. The first-order valence-corrected chi connectivity index (χ1v) is 9.11. The van der Waals surface area contributed by atoms with E-state index in [2.05, 4.69) is 10.3 Å². The molecule has 27 heavy (non-hydrogen) atoms. The summed E-state index contributed by atoms with van der Waals surface area (Å²) in [6.45, 7) is 3.43. The van der Waals surface area contributed by atoms with Crippen LogP contribution in [-0.4, -0.2) is 34.8 Å². The molecule has 0 aliphatic carbocycles. The van der Waals surface area contributed by atoms with Crippen molar-refractivity contribution in [2.75, 3.05) is 7.05 Å². The molecule has 5 nitrogen and oxygen atoms in total. The average molecular weight is 363 g/mol. The molecule has 3 aromatic rings. The fourth-order valence-electron chi connectivity index (χ4n) is 3.36. The monoisotopic (exact) mass is 363 g/mol. The normalized spacial score (nSPS) is 13.1. The summed E-state index contributed by atoms with van der Waals surface area (Å²) in [5.74, 6) is -0.319. The number of nitrogens with one attached hydrogen (secondary N) is 2. The van der Waals surface area contributed by atoms with Crippen LogP contribution in [0.4, 0.5) is 0 Å². The minimum absolute atomic E-state index is 0.0853. The molecule has 2 N–H and O–H groups in total. The largest absolute Gasteiger partial charge is 0.361 e. The predicted octanol–water partition coefficient (Wildman–Crippen LogP) is 3.43. The van der Waals surface area contributed by atoms with Crippen LogP contribution in [0.5, 0.6) is 0 Å². The number of hydrogen-bond donors (Lipinski definition) is 2. The number of carbonyl (C=O) groups is 2. The molecule has 2 atom stereocenters. The number of benzene rings is 2. The molecular formula is C22H25N3O2. The number of likely N-dealkylation sites (N-methyl/N-ethyl adjacent to an activating group) is 1. The molecular weight excluding hydrogens is 338 g/mol. The van der Waals surface area contributed by atoms with Gasteiger partial charge in [-0.1, -0.05) is 48.5 Å². The molecule has 1 aromatic heterocycles. The van der Waals surface area contributed by atoms with Gasteiger partial charge in [-0.2, -0.15) is 0 Å². The Bertz CT molecular complexity index is 933. The highest BCUT2D eigenvalue weighted by Crippen LogP contribution is 2.22. The predicted molar refractivity (Wildman–Crippen MR) is 107 cm³/mol. The van der Waals surface area contributed by atoms with E-state index in [1.54, 1.807) is 11.9 Å². The maximum atomic E-state index is 13.2. The molecule has 0 bridgehead atoms. The molecule has 0 aliphatic rings. The maximum Gasteiger partial charge on any atom is 0.245 e. The van der Waals surface area contributed by atoms with Crippen molar-refractivity contribution in [2.45, 2.75) is 32.4 Å². The van der Waals surface area contributed by atoms with Crippen molar-refractivity contribution in [3.8, 4) is 0 Å². The van der Waals surface area contributed by atoms with Crippen LogP contribution in [-0.2, 0) is 16.0 Å². The Kier molecular flexibility index (Phi) is 5.60. The van der Waals surface area contributed by atoms with Crippen molar-refractivity contribution in [3.63, 3.8) is 0 Å². The number of aromatic nitrogens is 1. The summed E-state index contributed by atoms with van der Waals surface area (Å²) in [4.78, 5) is 29.8. The van der Waals surface area contributed by atoms with Crippen molar-refractivity contribution in [1.82, 2.24) is 15.2 Å². The third-order valence-electron chi connectivity index (χ3n) is 4.99. The number of nitrogens with zero attached hydrogens (tertiary/aromatic N) is 1. The molecule has 3 rings (SSSR count). The SMILES string of the molecule is CC(=O)N[C@@H](Cc1c[nH]c2ccccc12)C(=O)N(C)[C@H](C)c1ccccc1. The van der Waals surface area contributed by atoms with Crippen LogP contribution in [0, 0.1) is 0 Å². The zero-order valence-electron chi connectivity index (χ0n) is 15.9. The fourth-order valence-corrected chi connectivity index (χ4v) is 3.36. The van der Waals surface area contributed by atoms with E-state index in [4.69, 9.17) is 0 Å². The molecule has 0 spiro atoms. The lowest BCUT2D eigenvalue weighted by Crippen LogP contribution is -2.48. The van der Waals surface area contributed by atoms with Crippen LogP contribution in [0.25, 0.3) is 10.9 Å². The number of amides is 2. The lowest BCUT2D eigenvalue weighted by atomic mass is 10.0. The fraction of sp³-hybridized carbons (Fsp3) is 0.273. The Hall–Kier alpha value is -3.08. The number of para-hydroxylation sites is 1. The molecule has 5 heteroatoms. The third kappa shape index (κ3) is 4.19. The quantitative estimate of drug-likeness (QED) is 0.705. The van der Waals surface area contributed by atoms with E-state index < -0.39 is 6.04 Å². The first kappa shape index (κ1) is 18.7. The Balaban J connectivity index is 1.83. The molecule has 140 valence electrons. The molecule has 2 amide bonds. The first-order valence-electron chi connectivity index (χ1n) is 9.11. The zero-order chi connectivity index (χ0) is 19.4. The van der Waals surface area contributed by atoms with Gasteiger partial charge >= 0.3 is 0 Å². The van der Waals surface area contributed by atoms with E-state index in [0.29, 0.717) is 6.42 Å². The number of aromatic amines is 1. The van der Waals surface area contributed by atoms with Crippen LogP contribution in [0.1, 0.15) is 31.0 Å². The van der Waals surface area contributed by atoms with E-state index in [9.17, 15) is 9.59 Å². The van der Waals surface area contributed by atoms with Crippen LogP contribution < -0.4 is 5.32 Å². The molecule has 0 saturated heterocycles. The molecule has 0 saturated carbocycles. The highest BCUT2D eigenvalue weighted by molar-refractivity contribution is 5.89. The Morgan fingerprint density at radius 1 is 1.07 bits per heavy atom. The van der Waals surface area contributed by atoms with Gasteiger partial charge in [-0.05, 0) is 24.1 Å². The summed E-state index contributed by atoms with van der Waals surface area (Å²) in [6.07, 6.45) is 2.35. The maximum absolute atomic E-state index is 13.2. The van der Waals surface area contributed by atoms with Crippen LogP contribution >= 0.6 is 0 Å². The van der Waals surface area contributed by atoms with E-state index in [1.165, 1.54) is 6.92 Å². The Morgan fingerprint density at radius 3 is 2.44 bits per heavy atom. The van der Waals surface area contributed by atoms with Gasteiger partial charge in [0.2, 0.25) is 11.8 Å². The smallest absolute Gasteiger partial charge is 0.245 e. The molecule has 0 radical (unpaired) electrons. The lowest BCUT2D eigenvalue weighted by molar-refractivity contribution is -0.136. The number of carbonyl (C=O) groups excluding carboxylic acids is 2. The summed E-state index contributed by atoms with van der Waals surface area (Å²) >= 11 is 0. The third-order valence-corrected chi connectivity index (χ3v) is 4.99. The second kappa shape index (κ2) is 8.08. The van der Waals surface area contributed by atoms with Gasteiger partial charge in [0.25, 0.3) is 0 Å². The topological polar surface area (TPSA) is 65.2 Å². The summed E-state index contributed by atoms with van der Waals surface area (Å²) in [7, 11) is 1.78. The van der Waals surface area contributed by atoms with Crippen molar-refractivity contribution < 1.29 is 9.59 Å². The number of fused-ring (bicyclic) bond motifs is 1. The van der Waals surface area contributed by atoms with Crippen molar-refractivity contribution in [1.29, 1.82) is 0 Å². The Labute approximate surface area is 159 Å². The van der Waals surface area contributed by atoms with Crippen molar-refractivity contribution in [3.05, 3.63) is 71.9 Å². The zero-order valence-corrected chi connectivity index (χ0v) is 15.9. The highest BCUT2D eigenvalue weighted by atomic mass is 16.2. The van der Waals surface area contributed by atoms with Crippen LogP contribution in [0.2, 0.25) is 0 Å².